The van der Waals surface area contributed by atoms with Gasteiger partial charge in [0, 0.05) is 6.92 Å². The van der Waals surface area contributed by atoms with Crippen molar-refractivity contribution in [1.29, 1.82) is 0 Å². The molecule has 0 fully saturated rings. The fourth-order valence-corrected chi connectivity index (χ4v) is 0.810. The fourth-order valence-electron chi connectivity index (χ4n) is 0.810. The van der Waals surface area contributed by atoms with Gasteiger partial charge >= 0.3 is 5.97 Å². The van der Waals surface area contributed by atoms with Crippen LogP contribution in [0, 0.1) is 0 Å². The molecule has 1 unspecified atom stereocenters. The average molecular weight is 186 g/mol. The Balaban J connectivity index is 2.52. The first-order valence-corrected chi connectivity index (χ1v) is 3.74. The van der Waals surface area contributed by atoms with Crippen molar-refractivity contribution in [2.24, 2.45) is 0 Å². The van der Waals surface area contributed by atoms with Crippen LogP contribution in [0.2, 0.25) is 0 Å². The number of hydrogen-bond donors (Lipinski definition) is 1. The van der Waals surface area contributed by atoms with Gasteiger partial charge in [-0.1, -0.05) is 0 Å². The monoisotopic (exact) mass is 186 g/mol. The summed E-state index contributed by atoms with van der Waals surface area (Å²) < 4.78 is 9.31. The average Bonchev–Trinajstić information content (AvgIpc) is 2.08. The zero-order chi connectivity index (χ0) is 9.90. The van der Waals surface area contributed by atoms with Crippen molar-refractivity contribution in [3.05, 3.63) is 12.2 Å². The molecule has 0 spiro atoms. The molecule has 0 aromatic rings. The van der Waals surface area contributed by atoms with Crippen molar-refractivity contribution in [2.45, 2.75) is 12.7 Å². The van der Waals surface area contributed by atoms with Crippen LogP contribution < -0.4 is 0 Å². The van der Waals surface area contributed by atoms with Crippen LogP contribution in [0.1, 0.15) is 6.92 Å². The van der Waals surface area contributed by atoms with Crippen LogP contribution in [0.4, 0.5) is 0 Å². The molecule has 0 aliphatic carbocycles. The van der Waals surface area contributed by atoms with E-state index in [2.05, 4.69) is 4.74 Å². The molecule has 0 saturated carbocycles. The van der Waals surface area contributed by atoms with Gasteiger partial charge < -0.3 is 14.6 Å². The molecule has 72 valence electrons. The molecule has 0 bridgehead atoms. The lowest BCUT2D eigenvalue weighted by atomic mass is 10.2. The van der Waals surface area contributed by atoms with Gasteiger partial charge in [-0.3, -0.25) is 9.59 Å². The molecule has 5 heteroatoms. The number of hydrogen-bond acceptors (Lipinski definition) is 5. The SMILES string of the molecule is CC(=O)OCC1(O)C=CC(=O)CO1. The molecular formula is C8H10O5. The van der Waals surface area contributed by atoms with E-state index in [0.29, 0.717) is 0 Å². The molecule has 1 N–H and O–H groups in total. The third-order valence-electron chi connectivity index (χ3n) is 1.48. The smallest absolute Gasteiger partial charge is 0.302 e. The molecule has 0 amide bonds. The van der Waals surface area contributed by atoms with Gasteiger partial charge in [0.1, 0.15) is 13.2 Å². The molecule has 1 aliphatic heterocycles. The van der Waals surface area contributed by atoms with Crippen LogP contribution in [-0.2, 0) is 19.1 Å². The lowest BCUT2D eigenvalue weighted by Crippen LogP contribution is -2.40. The molecule has 0 radical (unpaired) electrons. The third-order valence-corrected chi connectivity index (χ3v) is 1.48. The van der Waals surface area contributed by atoms with Crippen molar-refractivity contribution in [3.8, 4) is 0 Å². The van der Waals surface area contributed by atoms with Crippen molar-refractivity contribution >= 4 is 11.8 Å². The van der Waals surface area contributed by atoms with Gasteiger partial charge in [0.25, 0.3) is 0 Å². The predicted octanol–water partition coefficient (Wildman–Crippen LogP) is -0.606. The maximum Gasteiger partial charge on any atom is 0.302 e. The van der Waals surface area contributed by atoms with Crippen molar-refractivity contribution in [1.82, 2.24) is 0 Å². The molecule has 0 aromatic carbocycles. The van der Waals surface area contributed by atoms with Gasteiger partial charge in [0.15, 0.2) is 5.78 Å². The first kappa shape index (κ1) is 9.88. The van der Waals surface area contributed by atoms with Gasteiger partial charge in [-0.15, -0.1) is 0 Å². The zero-order valence-corrected chi connectivity index (χ0v) is 7.15. The molecule has 1 rings (SSSR count). The summed E-state index contributed by atoms with van der Waals surface area (Å²) in [5.41, 5.74) is 0. The second-order valence-corrected chi connectivity index (χ2v) is 2.71. The number of esters is 1. The Morgan fingerprint density at radius 1 is 1.85 bits per heavy atom. The lowest BCUT2D eigenvalue weighted by molar-refractivity contribution is -0.204. The van der Waals surface area contributed by atoms with E-state index in [1.165, 1.54) is 19.1 Å². The summed E-state index contributed by atoms with van der Waals surface area (Å²) >= 11 is 0. The molecule has 1 atom stereocenters. The number of rotatable bonds is 2. The molecular weight excluding hydrogens is 176 g/mol. The highest BCUT2D eigenvalue weighted by Gasteiger charge is 2.30. The molecule has 0 saturated heterocycles. The van der Waals surface area contributed by atoms with Crippen LogP contribution in [-0.4, -0.2) is 35.9 Å². The van der Waals surface area contributed by atoms with Gasteiger partial charge in [-0.25, -0.2) is 0 Å². The van der Waals surface area contributed by atoms with Gasteiger partial charge in [0.2, 0.25) is 5.79 Å². The van der Waals surface area contributed by atoms with E-state index in [1.807, 2.05) is 0 Å². The molecule has 13 heavy (non-hydrogen) atoms. The van der Waals surface area contributed by atoms with Crippen LogP contribution >= 0.6 is 0 Å². The number of carbonyl (C=O) groups is 2. The Hall–Kier alpha value is -1.20. The van der Waals surface area contributed by atoms with E-state index in [4.69, 9.17) is 4.74 Å². The molecule has 5 nitrogen and oxygen atoms in total. The van der Waals surface area contributed by atoms with Gasteiger partial charge in [0.05, 0.1) is 0 Å². The number of aliphatic hydroxyl groups is 1. The number of ether oxygens (including phenoxy) is 2. The molecule has 1 heterocycles. The zero-order valence-electron chi connectivity index (χ0n) is 7.15. The highest BCUT2D eigenvalue weighted by Crippen LogP contribution is 2.14. The Bertz CT molecular complexity index is 257. The lowest BCUT2D eigenvalue weighted by Gasteiger charge is -2.26. The fraction of sp³-hybridized carbons (Fsp3) is 0.500. The topological polar surface area (TPSA) is 72.8 Å². The summed E-state index contributed by atoms with van der Waals surface area (Å²) in [5.74, 6) is -2.39. The minimum absolute atomic E-state index is 0.200. The van der Waals surface area contributed by atoms with E-state index in [0.717, 1.165) is 0 Å². The number of carbonyl (C=O) groups excluding carboxylic acids is 2. The Kier molecular flexibility index (Phi) is 2.79. The summed E-state index contributed by atoms with van der Waals surface area (Å²) in [6, 6.07) is 0. The largest absolute Gasteiger partial charge is 0.460 e. The summed E-state index contributed by atoms with van der Waals surface area (Å²) in [5, 5.41) is 9.50. The second kappa shape index (κ2) is 3.68. The summed E-state index contributed by atoms with van der Waals surface area (Å²) in [6.07, 6.45) is 2.37. The van der Waals surface area contributed by atoms with E-state index in [-0.39, 0.29) is 19.0 Å². The maximum absolute atomic E-state index is 10.7. The van der Waals surface area contributed by atoms with Crippen molar-refractivity contribution in [3.63, 3.8) is 0 Å². The standard InChI is InChI=1S/C8H10O5/c1-6(9)12-5-8(11)3-2-7(10)4-13-8/h2-3,11H,4-5H2,1H3. The highest BCUT2D eigenvalue weighted by molar-refractivity contribution is 5.91. The highest BCUT2D eigenvalue weighted by atomic mass is 16.7. The molecule has 1 aliphatic rings. The maximum atomic E-state index is 10.7. The first-order chi connectivity index (χ1) is 6.02. The van der Waals surface area contributed by atoms with E-state index >= 15 is 0 Å². The quantitative estimate of drug-likeness (QED) is 0.582. The van der Waals surface area contributed by atoms with Crippen molar-refractivity contribution in [2.75, 3.05) is 13.2 Å². The van der Waals surface area contributed by atoms with Crippen molar-refractivity contribution < 1.29 is 24.2 Å². The minimum Gasteiger partial charge on any atom is -0.460 e. The van der Waals surface area contributed by atoms with Crippen LogP contribution in [0.25, 0.3) is 0 Å². The normalized spacial score (nSPS) is 27.4. The summed E-state index contributed by atoms with van der Waals surface area (Å²) in [4.78, 5) is 21.1. The van der Waals surface area contributed by atoms with Crippen LogP contribution in [0.5, 0.6) is 0 Å². The van der Waals surface area contributed by atoms with Gasteiger partial charge in [-0.2, -0.15) is 0 Å². The van der Waals surface area contributed by atoms with E-state index < -0.39 is 11.8 Å². The summed E-state index contributed by atoms with van der Waals surface area (Å²) in [6.45, 7) is 0.724. The van der Waals surface area contributed by atoms with E-state index in [9.17, 15) is 14.7 Å². The van der Waals surface area contributed by atoms with Gasteiger partial charge in [-0.05, 0) is 12.2 Å². The Labute approximate surface area is 74.9 Å². The van der Waals surface area contributed by atoms with Crippen LogP contribution in [0.3, 0.4) is 0 Å². The molecule has 0 aromatic heterocycles. The Morgan fingerprint density at radius 2 is 2.54 bits per heavy atom. The predicted molar refractivity (Wildman–Crippen MR) is 41.7 cm³/mol. The second-order valence-electron chi connectivity index (χ2n) is 2.71. The Morgan fingerprint density at radius 3 is 3.00 bits per heavy atom. The van der Waals surface area contributed by atoms with Crippen LogP contribution in [0.15, 0.2) is 12.2 Å². The third kappa shape index (κ3) is 2.96. The minimum atomic E-state index is -1.65. The number of ketones is 1. The first-order valence-electron chi connectivity index (χ1n) is 3.74. The van der Waals surface area contributed by atoms with E-state index in [1.54, 1.807) is 0 Å². The summed E-state index contributed by atoms with van der Waals surface area (Å²) in [7, 11) is 0.